The number of halogens is 2. The summed E-state index contributed by atoms with van der Waals surface area (Å²) in [7, 11) is 1.60. The lowest BCUT2D eigenvalue weighted by Crippen LogP contribution is -2.63. The van der Waals surface area contributed by atoms with Crippen molar-refractivity contribution in [3.8, 4) is 5.75 Å². The number of piperidine rings is 1. The first-order chi connectivity index (χ1) is 15.5. The van der Waals surface area contributed by atoms with Crippen molar-refractivity contribution in [3.05, 3.63) is 64.7 Å². The second-order valence-electron chi connectivity index (χ2n) is 8.31. The highest BCUT2D eigenvalue weighted by molar-refractivity contribution is 6.32. The fourth-order valence-electron chi connectivity index (χ4n) is 4.09. The van der Waals surface area contributed by atoms with E-state index in [0.29, 0.717) is 16.7 Å². The lowest BCUT2D eigenvalue weighted by atomic mass is 9.70. The van der Waals surface area contributed by atoms with Crippen LogP contribution in [0, 0.1) is 0 Å². The van der Waals surface area contributed by atoms with Crippen LogP contribution in [0.3, 0.4) is 0 Å². The number of hydrogen-bond acceptors (Lipinski definition) is 5. The minimum atomic E-state index is -3.94. The molecule has 0 bridgehead atoms. The summed E-state index contributed by atoms with van der Waals surface area (Å²) in [5.74, 6) is -7.48. The van der Waals surface area contributed by atoms with Crippen molar-refractivity contribution in [1.29, 1.82) is 0 Å². The van der Waals surface area contributed by atoms with Crippen molar-refractivity contribution in [1.82, 2.24) is 15.5 Å². The van der Waals surface area contributed by atoms with E-state index in [1.165, 1.54) is 29.2 Å². The minimum Gasteiger partial charge on any atom is -0.507 e. The van der Waals surface area contributed by atoms with Crippen LogP contribution in [0.1, 0.15) is 39.9 Å². The summed E-state index contributed by atoms with van der Waals surface area (Å²) in [5.41, 5.74) is -0.535. The first-order valence-electron chi connectivity index (χ1n) is 10.3. The Morgan fingerprint density at radius 3 is 2.64 bits per heavy atom. The average Bonchev–Trinajstić information content (AvgIpc) is 3.11. The zero-order valence-electron chi connectivity index (χ0n) is 17.7. The van der Waals surface area contributed by atoms with Gasteiger partial charge < -0.3 is 15.3 Å². The molecule has 0 spiro atoms. The molecule has 2 aromatic carbocycles. The highest BCUT2D eigenvalue weighted by Crippen LogP contribution is 2.35. The summed E-state index contributed by atoms with van der Waals surface area (Å²) in [6.45, 7) is -0.113. The van der Waals surface area contributed by atoms with Crippen LogP contribution in [0.2, 0.25) is 0 Å². The number of carbonyl (C=O) groups is 4. The number of amides is 4. The Morgan fingerprint density at radius 2 is 1.94 bits per heavy atom. The third-order valence-electron chi connectivity index (χ3n) is 6.13. The number of rotatable bonds is 5. The number of fused-ring (bicyclic) bond motifs is 1. The number of alkyl halides is 2. The molecule has 0 radical (unpaired) electrons. The van der Waals surface area contributed by atoms with Gasteiger partial charge in [0, 0.05) is 25.1 Å². The SMILES string of the molecule is BC1(N2Cc3cc(CNC(=O)C(F)(F)c4ccccc4O)ccc3C2=O)CCC(=O)NC1=O. The molecule has 2 aliphatic heterocycles. The van der Waals surface area contributed by atoms with Crippen LogP contribution in [0.15, 0.2) is 42.5 Å². The smallest absolute Gasteiger partial charge is 0.353 e. The second kappa shape index (κ2) is 7.98. The third kappa shape index (κ3) is 3.83. The van der Waals surface area contributed by atoms with Crippen LogP contribution in [0.4, 0.5) is 8.78 Å². The van der Waals surface area contributed by atoms with E-state index in [1.807, 2.05) is 0 Å². The standard InChI is InChI=1S/C22H20BF2N3O5/c23-21(8-7-17(30)27-19(21)32)28-11-13-9-12(5-6-14(13)18(28)31)10-26-20(33)22(24,25)15-3-1-2-4-16(15)29/h1-6,9,29H,7-8,10-11,23H2,(H,26,33)(H,27,30,32). The first-order valence-corrected chi connectivity index (χ1v) is 10.3. The van der Waals surface area contributed by atoms with Crippen molar-refractivity contribution in [2.45, 2.75) is 37.3 Å². The van der Waals surface area contributed by atoms with Gasteiger partial charge in [-0.2, -0.15) is 8.78 Å². The van der Waals surface area contributed by atoms with Crippen molar-refractivity contribution < 1.29 is 33.1 Å². The van der Waals surface area contributed by atoms with E-state index in [9.17, 15) is 33.1 Å². The fraction of sp³-hybridized carbons (Fsp3) is 0.273. The second-order valence-corrected chi connectivity index (χ2v) is 8.31. The highest BCUT2D eigenvalue weighted by atomic mass is 19.3. The zero-order valence-corrected chi connectivity index (χ0v) is 17.7. The molecule has 0 aromatic heterocycles. The number of nitrogens with one attached hydrogen (secondary N) is 2. The molecule has 8 nitrogen and oxygen atoms in total. The molecule has 170 valence electrons. The first kappa shape index (κ1) is 22.4. The van der Waals surface area contributed by atoms with Crippen LogP contribution >= 0.6 is 0 Å². The van der Waals surface area contributed by atoms with Gasteiger partial charge in [-0.3, -0.25) is 24.5 Å². The van der Waals surface area contributed by atoms with Gasteiger partial charge in [0.05, 0.1) is 11.0 Å². The molecule has 2 heterocycles. The van der Waals surface area contributed by atoms with Gasteiger partial charge >= 0.3 is 5.92 Å². The van der Waals surface area contributed by atoms with Crippen LogP contribution in [0.25, 0.3) is 0 Å². The molecule has 4 amide bonds. The Labute approximate surface area is 188 Å². The van der Waals surface area contributed by atoms with Gasteiger partial charge in [0.2, 0.25) is 11.8 Å². The van der Waals surface area contributed by atoms with Gasteiger partial charge in [-0.15, -0.1) is 0 Å². The number of carbonyl (C=O) groups excluding carboxylic acids is 4. The number of phenols is 1. The number of nitrogens with zero attached hydrogens (tertiary/aromatic N) is 1. The molecule has 11 heteroatoms. The van der Waals surface area contributed by atoms with Gasteiger partial charge in [-0.05, 0) is 35.7 Å². The lowest BCUT2D eigenvalue weighted by molar-refractivity contribution is -0.147. The average molecular weight is 455 g/mol. The van der Waals surface area contributed by atoms with E-state index in [2.05, 4.69) is 10.6 Å². The molecule has 2 aromatic rings. The van der Waals surface area contributed by atoms with Gasteiger partial charge in [0.15, 0.2) is 0 Å². The van der Waals surface area contributed by atoms with Gasteiger partial charge in [-0.1, -0.05) is 24.3 Å². The summed E-state index contributed by atoms with van der Waals surface area (Å²) < 4.78 is 28.9. The van der Waals surface area contributed by atoms with E-state index in [4.69, 9.17) is 0 Å². The quantitative estimate of drug-likeness (QED) is 0.449. The van der Waals surface area contributed by atoms with Gasteiger partial charge in [0.25, 0.3) is 11.8 Å². The Morgan fingerprint density at radius 1 is 1.21 bits per heavy atom. The molecule has 33 heavy (non-hydrogen) atoms. The molecule has 0 aliphatic carbocycles. The number of hydrogen-bond donors (Lipinski definition) is 3. The predicted molar refractivity (Wildman–Crippen MR) is 114 cm³/mol. The van der Waals surface area contributed by atoms with E-state index < -0.39 is 34.5 Å². The molecular weight excluding hydrogens is 435 g/mol. The molecule has 3 N–H and O–H groups in total. The summed E-state index contributed by atoms with van der Waals surface area (Å²) >= 11 is 0. The lowest BCUT2D eigenvalue weighted by Gasteiger charge is -2.39. The zero-order chi connectivity index (χ0) is 24.0. The normalized spacial score (nSPS) is 20.4. The highest BCUT2D eigenvalue weighted by Gasteiger charge is 2.48. The van der Waals surface area contributed by atoms with Gasteiger partial charge in [-0.25, -0.2) is 0 Å². The van der Waals surface area contributed by atoms with Crippen molar-refractivity contribution in [2.75, 3.05) is 0 Å². The molecule has 1 unspecified atom stereocenters. The van der Waals surface area contributed by atoms with E-state index >= 15 is 0 Å². The molecule has 2 aliphatic rings. The maximum absolute atomic E-state index is 14.5. The summed E-state index contributed by atoms with van der Waals surface area (Å²) in [4.78, 5) is 50.3. The molecule has 0 saturated carbocycles. The topological polar surface area (TPSA) is 116 Å². The van der Waals surface area contributed by atoms with E-state index in [0.717, 1.165) is 12.1 Å². The molecule has 1 fully saturated rings. The maximum Gasteiger partial charge on any atom is 0.353 e. The Hall–Kier alpha value is -3.76. The molecular formula is C22H20BF2N3O5. The van der Waals surface area contributed by atoms with Crippen LogP contribution < -0.4 is 10.6 Å². The summed E-state index contributed by atoms with van der Waals surface area (Å²) in [6.07, 6.45) is 0.312. The minimum absolute atomic E-state index is 0.113. The van der Waals surface area contributed by atoms with Crippen molar-refractivity contribution in [3.63, 3.8) is 0 Å². The number of para-hydroxylation sites is 1. The van der Waals surface area contributed by atoms with Crippen molar-refractivity contribution >= 4 is 31.5 Å². The predicted octanol–water partition coefficient (Wildman–Crippen LogP) is 0.522. The molecule has 1 atom stereocenters. The maximum atomic E-state index is 14.5. The molecule has 4 rings (SSSR count). The fourth-order valence-corrected chi connectivity index (χ4v) is 4.09. The van der Waals surface area contributed by atoms with Gasteiger partial charge in [0.1, 0.15) is 13.6 Å². The summed E-state index contributed by atoms with van der Waals surface area (Å²) in [6, 6.07) is 9.38. The van der Waals surface area contributed by atoms with Crippen molar-refractivity contribution in [2.24, 2.45) is 0 Å². The number of imide groups is 1. The number of benzene rings is 2. The largest absolute Gasteiger partial charge is 0.507 e. The molecule has 1 saturated heterocycles. The number of aromatic hydroxyl groups is 1. The van der Waals surface area contributed by atoms with E-state index in [1.54, 1.807) is 13.9 Å². The Kier molecular flexibility index (Phi) is 5.43. The van der Waals surface area contributed by atoms with Crippen LogP contribution in [-0.2, 0) is 33.4 Å². The van der Waals surface area contributed by atoms with Crippen LogP contribution in [0.5, 0.6) is 5.75 Å². The van der Waals surface area contributed by atoms with E-state index in [-0.39, 0.29) is 37.7 Å². The summed E-state index contributed by atoms with van der Waals surface area (Å²) in [5, 5.41) is 14.1. The number of phenolic OH excluding ortho intramolecular Hbond substituents is 1. The Balaban J connectivity index is 1.47. The van der Waals surface area contributed by atoms with Crippen LogP contribution in [-0.4, -0.2) is 46.9 Å². The Bertz CT molecular complexity index is 1190. The third-order valence-corrected chi connectivity index (χ3v) is 6.13. The monoisotopic (exact) mass is 455 g/mol.